The molecule has 2 nitrogen and oxygen atoms in total. The van der Waals surface area contributed by atoms with Crippen molar-refractivity contribution in [3.8, 4) is 0 Å². The highest BCUT2D eigenvalue weighted by Gasteiger charge is 2.18. The van der Waals surface area contributed by atoms with Gasteiger partial charge in [-0.2, -0.15) is 0 Å². The van der Waals surface area contributed by atoms with Crippen LogP contribution in [0.1, 0.15) is 33.1 Å². The highest BCUT2D eigenvalue weighted by Crippen LogP contribution is 2.09. The molecule has 0 fully saturated rings. The van der Waals surface area contributed by atoms with E-state index in [0.29, 0.717) is 12.1 Å². The van der Waals surface area contributed by atoms with E-state index < -0.39 is 0 Å². The van der Waals surface area contributed by atoms with Crippen molar-refractivity contribution in [1.82, 2.24) is 10.2 Å². The molecule has 0 saturated carbocycles. The molecule has 0 radical (unpaired) electrons. The minimum absolute atomic E-state index is 0.648. The van der Waals surface area contributed by atoms with Gasteiger partial charge in [0.2, 0.25) is 0 Å². The van der Waals surface area contributed by atoms with Crippen molar-refractivity contribution in [1.29, 1.82) is 0 Å². The molecule has 2 atom stereocenters. The summed E-state index contributed by atoms with van der Waals surface area (Å²) in [6, 6.07) is 1.32. The summed E-state index contributed by atoms with van der Waals surface area (Å²) in [5.74, 6) is 0. The van der Waals surface area contributed by atoms with Crippen LogP contribution in [0.3, 0.4) is 0 Å². The van der Waals surface area contributed by atoms with Crippen molar-refractivity contribution >= 4 is 0 Å². The first-order chi connectivity index (χ1) is 5.67. The van der Waals surface area contributed by atoms with Gasteiger partial charge >= 0.3 is 0 Å². The fraction of sp³-hybridized carbons (Fsp3) is 1.00. The smallest absolute Gasteiger partial charge is 0.0240 e. The minimum Gasteiger partial charge on any atom is -0.315 e. The Morgan fingerprint density at radius 1 is 1.25 bits per heavy atom. The third-order valence-electron chi connectivity index (χ3n) is 2.52. The van der Waals surface area contributed by atoms with Gasteiger partial charge in [0.25, 0.3) is 0 Å². The van der Waals surface area contributed by atoms with Gasteiger partial charge < -0.3 is 10.2 Å². The predicted octanol–water partition coefficient (Wildman–Crippen LogP) is 1.71. The Hall–Kier alpha value is -0.0800. The normalized spacial score (nSPS) is 16.5. The molecule has 2 heteroatoms. The molecular formula is C10H24N2. The Morgan fingerprint density at radius 2 is 1.83 bits per heavy atom. The van der Waals surface area contributed by atoms with Crippen LogP contribution in [0.2, 0.25) is 0 Å². The quantitative estimate of drug-likeness (QED) is 0.656. The van der Waals surface area contributed by atoms with E-state index in [4.69, 9.17) is 0 Å². The van der Waals surface area contributed by atoms with Gasteiger partial charge in [0.05, 0.1) is 0 Å². The van der Waals surface area contributed by atoms with Gasteiger partial charge in [0, 0.05) is 12.1 Å². The number of nitrogens with one attached hydrogen (secondary N) is 1. The molecule has 0 aromatic heterocycles. The van der Waals surface area contributed by atoms with E-state index in [1.54, 1.807) is 0 Å². The average Bonchev–Trinajstić information content (AvgIpc) is 2.03. The Morgan fingerprint density at radius 3 is 2.08 bits per heavy atom. The van der Waals surface area contributed by atoms with Crippen LogP contribution in [0.5, 0.6) is 0 Å². The van der Waals surface area contributed by atoms with Crippen LogP contribution in [0.4, 0.5) is 0 Å². The fourth-order valence-electron chi connectivity index (χ4n) is 1.85. The molecule has 74 valence electrons. The first kappa shape index (κ1) is 11.9. The molecule has 12 heavy (non-hydrogen) atoms. The molecule has 0 aliphatic heterocycles. The van der Waals surface area contributed by atoms with Crippen LogP contribution < -0.4 is 5.32 Å². The molecule has 0 aliphatic carbocycles. The molecule has 0 rings (SSSR count). The Kier molecular flexibility index (Phi) is 6.39. The van der Waals surface area contributed by atoms with Gasteiger partial charge in [0.15, 0.2) is 0 Å². The topological polar surface area (TPSA) is 15.3 Å². The van der Waals surface area contributed by atoms with Crippen LogP contribution in [-0.4, -0.2) is 38.1 Å². The molecule has 0 aromatic rings. The predicted molar refractivity (Wildman–Crippen MR) is 55.5 cm³/mol. The third-order valence-corrected chi connectivity index (χ3v) is 2.52. The van der Waals surface area contributed by atoms with Crippen LogP contribution >= 0.6 is 0 Å². The highest BCUT2D eigenvalue weighted by atomic mass is 15.1. The van der Waals surface area contributed by atoms with Crippen molar-refractivity contribution < 1.29 is 0 Å². The number of hydrogen-bond donors (Lipinski definition) is 1. The zero-order chi connectivity index (χ0) is 9.56. The molecule has 0 spiro atoms. The highest BCUT2D eigenvalue weighted by molar-refractivity contribution is 4.79. The van der Waals surface area contributed by atoms with Crippen LogP contribution in [-0.2, 0) is 0 Å². The van der Waals surface area contributed by atoms with Crippen molar-refractivity contribution in [3.63, 3.8) is 0 Å². The molecule has 0 bridgehead atoms. The molecule has 2 unspecified atom stereocenters. The molecule has 1 N–H and O–H groups in total. The van der Waals surface area contributed by atoms with Gasteiger partial charge in [-0.1, -0.05) is 20.3 Å². The summed E-state index contributed by atoms with van der Waals surface area (Å²) in [6.07, 6.45) is 3.75. The van der Waals surface area contributed by atoms with E-state index in [1.807, 2.05) is 0 Å². The van der Waals surface area contributed by atoms with E-state index in [-0.39, 0.29) is 0 Å². The summed E-state index contributed by atoms with van der Waals surface area (Å²) in [5.41, 5.74) is 0. The number of nitrogens with zero attached hydrogens (tertiary/aromatic N) is 1. The van der Waals surface area contributed by atoms with Gasteiger partial charge in [-0.15, -0.1) is 0 Å². The van der Waals surface area contributed by atoms with E-state index in [1.165, 1.54) is 19.3 Å². The maximum absolute atomic E-state index is 3.39. The maximum atomic E-state index is 3.39. The minimum atomic E-state index is 0.648. The van der Waals surface area contributed by atoms with Gasteiger partial charge in [-0.05, 0) is 34.0 Å². The van der Waals surface area contributed by atoms with E-state index >= 15 is 0 Å². The summed E-state index contributed by atoms with van der Waals surface area (Å²) < 4.78 is 0. The Labute approximate surface area is 77.3 Å². The number of likely N-dealkylation sites (N-methyl/N-ethyl adjacent to an activating group) is 2. The Balaban J connectivity index is 4.02. The number of hydrogen-bond acceptors (Lipinski definition) is 2. The lowest BCUT2D eigenvalue weighted by atomic mass is 10.0. The Bertz CT molecular complexity index is 102. The largest absolute Gasteiger partial charge is 0.315 e. The van der Waals surface area contributed by atoms with Crippen molar-refractivity contribution in [3.05, 3.63) is 0 Å². The monoisotopic (exact) mass is 172 g/mol. The molecule has 0 saturated heterocycles. The van der Waals surface area contributed by atoms with Crippen molar-refractivity contribution in [2.24, 2.45) is 0 Å². The maximum Gasteiger partial charge on any atom is 0.0240 e. The molecule has 0 aliphatic rings. The average molecular weight is 172 g/mol. The van der Waals surface area contributed by atoms with Gasteiger partial charge in [0.1, 0.15) is 0 Å². The lowest BCUT2D eigenvalue weighted by Gasteiger charge is -2.31. The molecular weight excluding hydrogens is 148 g/mol. The first-order valence-corrected chi connectivity index (χ1v) is 5.01. The summed E-state index contributed by atoms with van der Waals surface area (Å²) in [6.45, 7) is 4.50. The zero-order valence-electron chi connectivity index (χ0n) is 9.22. The van der Waals surface area contributed by atoms with E-state index in [9.17, 15) is 0 Å². The van der Waals surface area contributed by atoms with Crippen molar-refractivity contribution in [2.75, 3.05) is 21.1 Å². The standard InChI is InChI=1S/C10H24N2/c1-6-8-9(11-3)10(7-2)12(4)5/h9-11H,6-8H2,1-5H3. The van der Waals surface area contributed by atoms with Crippen molar-refractivity contribution in [2.45, 2.75) is 45.2 Å². The summed E-state index contributed by atoms with van der Waals surface area (Å²) in [5, 5.41) is 3.39. The van der Waals surface area contributed by atoms with E-state index in [2.05, 4.69) is 45.2 Å². The SMILES string of the molecule is CCCC(NC)C(CC)N(C)C. The third kappa shape index (κ3) is 3.55. The van der Waals surface area contributed by atoms with Gasteiger partial charge in [-0.25, -0.2) is 0 Å². The lowest BCUT2D eigenvalue weighted by Crippen LogP contribution is -2.45. The second-order valence-electron chi connectivity index (χ2n) is 3.62. The van der Waals surface area contributed by atoms with Crippen LogP contribution in [0, 0.1) is 0 Å². The summed E-state index contributed by atoms with van der Waals surface area (Å²) >= 11 is 0. The molecule has 0 amide bonds. The molecule has 0 aromatic carbocycles. The lowest BCUT2D eigenvalue weighted by molar-refractivity contribution is 0.219. The van der Waals surface area contributed by atoms with Crippen LogP contribution in [0.25, 0.3) is 0 Å². The summed E-state index contributed by atoms with van der Waals surface area (Å²) in [7, 11) is 6.38. The summed E-state index contributed by atoms with van der Waals surface area (Å²) in [4.78, 5) is 2.32. The van der Waals surface area contributed by atoms with Gasteiger partial charge in [-0.3, -0.25) is 0 Å². The fourth-order valence-corrected chi connectivity index (χ4v) is 1.85. The van der Waals surface area contributed by atoms with Crippen LogP contribution in [0.15, 0.2) is 0 Å². The first-order valence-electron chi connectivity index (χ1n) is 5.01. The van der Waals surface area contributed by atoms with E-state index in [0.717, 1.165) is 0 Å². The second-order valence-corrected chi connectivity index (χ2v) is 3.62. The number of rotatable bonds is 6. The molecule has 0 heterocycles. The second kappa shape index (κ2) is 6.44. The zero-order valence-corrected chi connectivity index (χ0v) is 9.22.